The quantitative estimate of drug-likeness (QED) is 0.885. The molecule has 1 aliphatic heterocycles. The van der Waals surface area contributed by atoms with Gasteiger partial charge in [-0.15, -0.1) is 0 Å². The third-order valence-electron chi connectivity index (χ3n) is 4.95. The van der Waals surface area contributed by atoms with Gasteiger partial charge in [0.05, 0.1) is 0 Å². The van der Waals surface area contributed by atoms with Gasteiger partial charge in [0.1, 0.15) is 0 Å². The highest BCUT2D eigenvalue weighted by molar-refractivity contribution is 5.27. The minimum absolute atomic E-state index is 0.396. The van der Waals surface area contributed by atoms with Crippen LogP contribution >= 0.6 is 0 Å². The van der Waals surface area contributed by atoms with E-state index < -0.39 is 0 Å². The summed E-state index contributed by atoms with van der Waals surface area (Å²) in [4.78, 5) is 2.69. The van der Waals surface area contributed by atoms with Crippen LogP contribution in [0.2, 0.25) is 0 Å². The van der Waals surface area contributed by atoms with Gasteiger partial charge in [-0.05, 0) is 49.9 Å². The Morgan fingerprint density at radius 2 is 1.89 bits per heavy atom. The molecule has 1 heterocycles. The van der Waals surface area contributed by atoms with Crippen molar-refractivity contribution in [2.24, 2.45) is 11.1 Å². The number of nitrogens with zero attached hydrogens (tertiary/aromatic N) is 1. The normalized spacial score (nSPS) is 31.2. The second-order valence-electron chi connectivity index (χ2n) is 6.37. The lowest BCUT2D eigenvalue weighted by molar-refractivity contribution is 0.117. The molecule has 2 heteroatoms. The van der Waals surface area contributed by atoms with Gasteiger partial charge >= 0.3 is 0 Å². The molecule has 2 atom stereocenters. The maximum atomic E-state index is 5.87. The van der Waals surface area contributed by atoms with E-state index in [0.29, 0.717) is 5.41 Å². The van der Waals surface area contributed by atoms with Crippen molar-refractivity contribution in [2.75, 3.05) is 19.6 Å². The Kier molecular flexibility index (Phi) is 3.16. The van der Waals surface area contributed by atoms with Gasteiger partial charge in [0.15, 0.2) is 0 Å². The molecule has 1 saturated heterocycles. The molecule has 0 amide bonds. The van der Waals surface area contributed by atoms with Gasteiger partial charge in [-0.2, -0.15) is 0 Å². The number of nitrogens with two attached hydrogens (primary N) is 1. The third kappa shape index (κ3) is 2.32. The second-order valence-corrected chi connectivity index (χ2v) is 6.37. The SMILES string of the molecule is CC1(CN)CCN(C2CC2c2ccccc2)CC1. The van der Waals surface area contributed by atoms with Crippen molar-refractivity contribution in [2.45, 2.75) is 38.1 Å². The van der Waals surface area contributed by atoms with Crippen LogP contribution in [0.25, 0.3) is 0 Å². The number of benzene rings is 1. The van der Waals surface area contributed by atoms with Gasteiger partial charge in [-0.3, -0.25) is 4.90 Å². The van der Waals surface area contributed by atoms with Gasteiger partial charge in [0.2, 0.25) is 0 Å². The van der Waals surface area contributed by atoms with Crippen LogP contribution in [0.15, 0.2) is 30.3 Å². The van der Waals surface area contributed by atoms with E-state index in [1.165, 1.54) is 37.9 Å². The van der Waals surface area contributed by atoms with Crippen LogP contribution < -0.4 is 5.73 Å². The fourth-order valence-electron chi connectivity index (χ4n) is 3.24. The number of hydrogen-bond acceptors (Lipinski definition) is 2. The van der Waals surface area contributed by atoms with Crippen LogP contribution in [0.3, 0.4) is 0 Å². The van der Waals surface area contributed by atoms with Gasteiger partial charge < -0.3 is 5.73 Å². The minimum Gasteiger partial charge on any atom is -0.330 e. The minimum atomic E-state index is 0.396. The van der Waals surface area contributed by atoms with Crippen molar-refractivity contribution >= 4 is 0 Å². The summed E-state index contributed by atoms with van der Waals surface area (Å²) in [6, 6.07) is 11.8. The molecule has 3 rings (SSSR count). The molecule has 1 aromatic carbocycles. The van der Waals surface area contributed by atoms with E-state index in [0.717, 1.165) is 18.5 Å². The van der Waals surface area contributed by atoms with Crippen molar-refractivity contribution < 1.29 is 0 Å². The molecular weight excluding hydrogens is 220 g/mol. The average Bonchev–Trinajstić information content (AvgIpc) is 3.21. The summed E-state index contributed by atoms with van der Waals surface area (Å²) in [5.74, 6) is 0.786. The Hall–Kier alpha value is -0.860. The smallest absolute Gasteiger partial charge is 0.0171 e. The molecule has 1 aromatic rings. The molecule has 2 fully saturated rings. The van der Waals surface area contributed by atoms with Gasteiger partial charge in [0, 0.05) is 12.0 Å². The Labute approximate surface area is 110 Å². The predicted molar refractivity (Wildman–Crippen MR) is 75.6 cm³/mol. The molecular formula is C16H24N2. The Morgan fingerprint density at radius 3 is 2.50 bits per heavy atom. The highest BCUT2D eigenvalue weighted by Crippen LogP contribution is 2.46. The van der Waals surface area contributed by atoms with Gasteiger partial charge in [-0.1, -0.05) is 37.3 Å². The number of piperidine rings is 1. The fraction of sp³-hybridized carbons (Fsp3) is 0.625. The van der Waals surface area contributed by atoms with Crippen LogP contribution in [0.1, 0.15) is 37.7 Å². The zero-order chi connectivity index (χ0) is 12.6. The number of hydrogen-bond donors (Lipinski definition) is 1. The van der Waals surface area contributed by atoms with Crippen molar-refractivity contribution in [3.63, 3.8) is 0 Å². The summed E-state index contributed by atoms with van der Waals surface area (Å²) in [6.45, 7) is 5.66. The summed E-state index contributed by atoms with van der Waals surface area (Å²) < 4.78 is 0. The summed E-state index contributed by atoms with van der Waals surface area (Å²) in [6.07, 6.45) is 3.88. The predicted octanol–water partition coefficient (Wildman–Crippen LogP) is 2.60. The molecule has 2 N–H and O–H groups in total. The van der Waals surface area contributed by atoms with Crippen LogP contribution in [-0.2, 0) is 0 Å². The molecule has 1 saturated carbocycles. The van der Waals surface area contributed by atoms with E-state index >= 15 is 0 Å². The molecule has 0 radical (unpaired) electrons. The molecule has 18 heavy (non-hydrogen) atoms. The lowest BCUT2D eigenvalue weighted by Crippen LogP contribution is -2.43. The Morgan fingerprint density at radius 1 is 1.22 bits per heavy atom. The standard InChI is InChI=1S/C16H24N2/c1-16(12-17)7-9-18(10-8-16)15-11-14(15)13-5-3-2-4-6-13/h2-6,14-15H,7-12,17H2,1H3. The van der Waals surface area contributed by atoms with Crippen molar-refractivity contribution in [3.05, 3.63) is 35.9 Å². The summed E-state index contributed by atoms with van der Waals surface area (Å²) in [5, 5.41) is 0. The Balaban J connectivity index is 1.57. The van der Waals surface area contributed by atoms with E-state index in [-0.39, 0.29) is 0 Å². The van der Waals surface area contributed by atoms with Crippen molar-refractivity contribution in [1.29, 1.82) is 0 Å². The molecule has 2 aliphatic rings. The lowest BCUT2D eigenvalue weighted by atomic mass is 9.80. The molecule has 0 aromatic heterocycles. The van der Waals surface area contributed by atoms with Crippen molar-refractivity contribution in [3.8, 4) is 0 Å². The van der Waals surface area contributed by atoms with Crippen LogP contribution in [-0.4, -0.2) is 30.6 Å². The van der Waals surface area contributed by atoms with Crippen molar-refractivity contribution in [1.82, 2.24) is 4.90 Å². The van der Waals surface area contributed by atoms with E-state index in [1.54, 1.807) is 0 Å². The summed E-state index contributed by atoms with van der Waals surface area (Å²) in [5.41, 5.74) is 7.79. The molecule has 1 aliphatic carbocycles. The summed E-state index contributed by atoms with van der Waals surface area (Å²) >= 11 is 0. The zero-order valence-electron chi connectivity index (χ0n) is 11.3. The maximum absolute atomic E-state index is 5.87. The first-order chi connectivity index (χ1) is 8.72. The van der Waals surface area contributed by atoms with Gasteiger partial charge in [0.25, 0.3) is 0 Å². The summed E-state index contributed by atoms with van der Waals surface area (Å²) in [7, 11) is 0. The molecule has 2 unspecified atom stereocenters. The first kappa shape index (κ1) is 12.2. The number of likely N-dealkylation sites (tertiary alicyclic amines) is 1. The average molecular weight is 244 g/mol. The lowest BCUT2D eigenvalue weighted by Gasteiger charge is -2.39. The zero-order valence-corrected chi connectivity index (χ0v) is 11.3. The number of rotatable bonds is 3. The molecule has 0 bridgehead atoms. The topological polar surface area (TPSA) is 29.3 Å². The fourth-order valence-corrected chi connectivity index (χ4v) is 3.24. The first-order valence-electron chi connectivity index (χ1n) is 7.21. The monoisotopic (exact) mass is 244 g/mol. The first-order valence-corrected chi connectivity index (χ1v) is 7.21. The van der Waals surface area contributed by atoms with E-state index in [9.17, 15) is 0 Å². The van der Waals surface area contributed by atoms with E-state index in [4.69, 9.17) is 5.73 Å². The third-order valence-corrected chi connectivity index (χ3v) is 4.95. The molecule has 2 nitrogen and oxygen atoms in total. The second kappa shape index (κ2) is 4.67. The highest BCUT2D eigenvalue weighted by Gasteiger charge is 2.44. The highest BCUT2D eigenvalue weighted by atomic mass is 15.2. The van der Waals surface area contributed by atoms with Crippen LogP contribution in [0.4, 0.5) is 0 Å². The maximum Gasteiger partial charge on any atom is 0.0171 e. The Bertz CT molecular complexity index is 393. The van der Waals surface area contributed by atoms with Crippen LogP contribution in [0.5, 0.6) is 0 Å². The van der Waals surface area contributed by atoms with Crippen LogP contribution in [0, 0.1) is 5.41 Å². The molecule has 0 spiro atoms. The largest absolute Gasteiger partial charge is 0.330 e. The van der Waals surface area contributed by atoms with E-state index in [1.807, 2.05) is 0 Å². The van der Waals surface area contributed by atoms with Gasteiger partial charge in [-0.25, -0.2) is 0 Å². The van der Waals surface area contributed by atoms with E-state index in [2.05, 4.69) is 42.2 Å². The molecule has 98 valence electrons.